The van der Waals surface area contributed by atoms with Gasteiger partial charge in [0, 0.05) is 145 Å². The molecule has 3 heterocycles. The molecule has 3 saturated heterocycles. The third-order valence-corrected chi connectivity index (χ3v) is 30.5. The minimum absolute atomic E-state index is 0.179. The first kappa shape index (κ1) is 117. The lowest BCUT2D eigenvalue weighted by atomic mass is 9.97. The number of methoxy groups -OCH3 is 4. The van der Waals surface area contributed by atoms with Crippen LogP contribution < -0.4 is 41.7 Å². The second kappa shape index (κ2) is 54.6. The van der Waals surface area contributed by atoms with E-state index in [1.807, 2.05) is 156 Å². The lowest BCUT2D eigenvalue weighted by molar-refractivity contribution is 0.0591. The molecule has 0 bridgehead atoms. The molecule has 3 unspecified atom stereocenters. The Morgan fingerprint density at radius 1 is 0.336 bits per heavy atom. The van der Waals surface area contributed by atoms with Crippen LogP contribution in [0.2, 0.25) is 18.1 Å². The molecule has 10 aromatic rings. The minimum atomic E-state index is -0.986. The monoisotopic (exact) mass is 2100 g/mol. The van der Waals surface area contributed by atoms with Crippen molar-refractivity contribution >= 4 is 146 Å². The van der Waals surface area contributed by atoms with Crippen LogP contribution in [0.4, 0.5) is 45.5 Å². The van der Waals surface area contributed by atoms with Gasteiger partial charge in [-0.25, -0.2) is 28.8 Å². The number of ether oxygens (including phenoxy) is 4. The summed E-state index contributed by atoms with van der Waals surface area (Å²) in [5, 5.41) is 59.0. The molecule has 30 heteroatoms. The number of benzene rings is 10. The number of hydrogen-bond acceptors (Lipinski definition) is 21. The number of esters is 4. The van der Waals surface area contributed by atoms with Crippen LogP contribution in [0.15, 0.2) is 161 Å². The number of hydrogen-bond donors (Lipinski definition) is 10. The molecule has 0 aromatic heterocycles. The Bertz CT molecular complexity index is 6000. The van der Waals surface area contributed by atoms with E-state index in [-0.39, 0.29) is 81.5 Å². The summed E-state index contributed by atoms with van der Waals surface area (Å²) in [5.41, 5.74) is 29.6. The molecule has 11 N–H and O–H groups in total. The van der Waals surface area contributed by atoms with Gasteiger partial charge in [0.2, 0.25) is 0 Å². The summed E-state index contributed by atoms with van der Waals surface area (Å²) in [4.78, 5) is 127. The van der Waals surface area contributed by atoms with Gasteiger partial charge in [-0.05, 0) is 370 Å². The van der Waals surface area contributed by atoms with Gasteiger partial charge in [0.1, 0.15) is 0 Å². The normalized spacial score (nSPS) is 14.1. The van der Waals surface area contributed by atoms with Crippen LogP contribution in [0.5, 0.6) is 0 Å². The fourth-order valence-corrected chi connectivity index (χ4v) is 17.3. The zero-order valence-corrected chi connectivity index (χ0v) is 91.3. The van der Waals surface area contributed by atoms with Crippen molar-refractivity contribution in [3.8, 4) is 0 Å². The van der Waals surface area contributed by atoms with Crippen molar-refractivity contribution in [1.82, 2.24) is 0 Å². The van der Waals surface area contributed by atoms with Gasteiger partial charge in [0.15, 0.2) is 0 Å². The van der Waals surface area contributed by atoms with Crippen LogP contribution >= 0.6 is 31.9 Å². The molecule has 4 amide bonds. The molecule has 27 nitrogen and oxygen atoms in total. The lowest BCUT2D eigenvalue weighted by Gasteiger charge is -2.34. The summed E-state index contributed by atoms with van der Waals surface area (Å²) in [6.07, 6.45) is 6.18. The van der Waals surface area contributed by atoms with Crippen molar-refractivity contribution in [1.29, 1.82) is 0 Å². The molecular formula is C113H142Br2N8O19Si. The van der Waals surface area contributed by atoms with Gasteiger partial charge in [-0.2, -0.15) is 0 Å². The number of aryl methyl sites for hydroxylation is 15. The molecule has 0 saturated carbocycles. The molecule has 10 aromatic carbocycles. The van der Waals surface area contributed by atoms with E-state index in [1.165, 1.54) is 28.4 Å². The highest BCUT2D eigenvalue weighted by Crippen LogP contribution is 2.35. The lowest BCUT2D eigenvalue weighted by Crippen LogP contribution is -2.36. The third-order valence-electron chi connectivity index (χ3n) is 26.0. The Labute approximate surface area is 860 Å². The second-order valence-corrected chi connectivity index (χ2v) is 44.1. The number of piperidine rings is 3. The van der Waals surface area contributed by atoms with Crippen molar-refractivity contribution < 1.29 is 92.4 Å². The van der Waals surface area contributed by atoms with Crippen molar-refractivity contribution in [2.45, 2.75) is 181 Å². The number of anilines is 8. The summed E-state index contributed by atoms with van der Waals surface area (Å²) in [6, 6.07) is 45.4. The Balaban J connectivity index is 0.000000236. The summed E-state index contributed by atoms with van der Waals surface area (Å²) in [6.45, 7) is 45.3. The third kappa shape index (κ3) is 33.4. The van der Waals surface area contributed by atoms with Crippen molar-refractivity contribution in [3.05, 3.63) is 300 Å². The molecule has 0 spiro atoms. The Kier molecular flexibility index (Phi) is 44.7. The average molecular weight is 2100 g/mol. The average Bonchev–Trinajstić information content (AvgIpc) is 0.813. The van der Waals surface area contributed by atoms with E-state index in [2.05, 4.69) is 106 Å². The fraction of sp³-hybridized carbons (Fsp3) is 0.381. The van der Waals surface area contributed by atoms with E-state index in [9.17, 15) is 68.4 Å². The van der Waals surface area contributed by atoms with E-state index in [4.69, 9.17) is 25.1 Å². The molecule has 0 radical (unpaired) electrons. The zero-order chi connectivity index (χ0) is 106. The van der Waals surface area contributed by atoms with E-state index >= 15 is 0 Å². The number of nitrogens with zero attached hydrogens (tertiary/aromatic N) is 3. The summed E-state index contributed by atoms with van der Waals surface area (Å²) >= 11 is 6.58. The van der Waals surface area contributed by atoms with Crippen LogP contribution in [-0.2, 0) is 18.9 Å². The van der Waals surface area contributed by atoms with Gasteiger partial charge in [-0.15, -0.1) is 0 Å². The van der Waals surface area contributed by atoms with Crippen LogP contribution in [-0.4, -0.2) is 181 Å². The van der Waals surface area contributed by atoms with E-state index in [0.717, 1.165) is 182 Å². The number of aliphatic hydroxyl groups excluding tert-OH is 3. The number of rotatable bonds is 20. The molecule has 143 heavy (non-hydrogen) atoms. The largest absolute Gasteiger partial charge is 0.478 e. The smallest absolute Gasteiger partial charge is 0.337 e. The molecule has 13 rings (SSSR count). The highest BCUT2D eigenvalue weighted by Gasteiger charge is 2.28. The minimum Gasteiger partial charge on any atom is -0.478 e. The maximum atomic E-state index is 13.1. The number of nitrogens with two attached hydrogens (primary N) is 1. The maximum Gasteiger partial charge on any atom is 0.337 e. The quantitative estimate of drug-likeness (QED) is 0.0147. The summed E-state index contributed by atoms with van der Waals surface area (Å²) in [5.74, 6) is -3.32. The van der Waals surface area contributed by atoms with Crippen molar-refractivity contribution in [2.75, 3.05) is 129 Å². The predicted octanol–water partition coefficient (Wildman–Crippen LogP) is 22.3. The topological polar surface area (TPSA) is 393 Å². The van der Waals surface area contributed by atoms with Gasteiger partial charge < -0.3 is 86.2 Å². The number of carbonyl (C=O) groups is 10. The van der Waals surface area contributed by atoms with Gasteiger partial charge in [0.05, 0.1) is 61.8 Å². The number of carboxylic acids is 2. The number of nitrogen functional groups attached to an aromatic ring is 1. The Morgan fingerprint density at radius 3 is 0.769 bits per heavy atom. The molecule has 3 atom stereocenters. The van der Waals surface area contributed by atoms with Crippen molar-refractivity contribution in [2.24, 2.45) is 17.8 Å². The molecule has 3 fully saturated rings. The number of amides is 4. The fourth-order valence-electron chi connectivity index (χ4n) is 16.6. The van der Waals surface area contributed by atoms with Crippen LogP contribution in [0, 0.1) is 122 Å². The number of nitrogens with one attached hydrogen (secondary N) is 4. The standard InChI is InChI=1S/2C24H30N2O4.C23H28N2O4.C18H18BrNO3.C10H13NO2.C8H7BrO2.C6H16Si/c2*1-15-7-8-20(26-9-5-6-18(13-26)14-27)12-21(15)23(28)25-22-16(2)10-19(11-17(22)3)24(29)30-4;1-14-6-7-19(25-8-4-5-17(12-25)13-26)11-20(14)22(27)24-21-15(2)9-18(23(28)29)10-16(21)3;1-10-5-6-14(19)9-15(10)17(21)20-16-11(2)7-13(8-12(16)3)18(22)23-4;1-6-4-8(10(12)13-3)5-7(2)9(6)11;1-5-2-3-6(9)4-7(5)8(10)11;1-6(2,3)7(4)5/h2*7-8,10-12,18,27H,5-6,9,13-14H2,1-4H3,(H,25,28);6-7,9-11,17,26H,4-5,8,12-13H2,1-3H3,(H,24,27)(H,28,29);5-9H,1-4H3,(H,20,21);4-5H,11H2,1-3H3;2-4H,1H3,(H,10,11);7H,1-5H3. The van der Waals surface area contributed by atoms with Gasteiger partial charge in [-0.1, -0.05) is 96.1 Å². The number of aromatic carboxylic acids is 2. The first-order valence-electron chi connectivity index (χ1n) is 47.7. The highest BCUT2D eigenvalue weighted by molar-refractivity contribution is 9.10. The van der Waals surface area contributed by atoms with Crippen molar-refractivity contribution in [3.63, 3.8) is 0 Å². The predicted molar refractivity (Wildman–Crippen MR) is 581 cm³/mol. The number of carboxylic acid groups (broad SMARTS) is 2. The Morgan fingerprint density at radius 2 is 0.552 bits per heavy atom. The van der Waals surface area contributed by atoms with Gasteiger partial charge in [0.25, 0.3) is 23.6 Å². The van der Waals surface area contributed by atoms with Crippen LogP contribution in [0.25, 0.3) is 0 Å². The first-order valence-corrected chi connectivity index (χ1v) is 52.2. The van der Waals surface area contributed by atoms with Crippen LogP contribution in [0.3, 0.4) is 0 Å². The van der Waals surface area contributed by atoms with E-state index in [0.29, 0.717) is 89.0 Å². The molecule has 766 valence electrons. The van der Waals surface area contributed by atoms with E-state index < -0.39 is 29.8 Å². The number of carbonyl (C=O) groups excluding carboxylic acids is 8. The molecule has 3 aliphatic rings. The van der Waals surface area contributed by atoms with Gasteiger partial charge in [-0.3, -0.25) is 19.2 Å². The first-order chi connectivity index (χ1) is 67.4. The SMILES string of the molecule is COC(=O)c1cc(C)c(N)c(C)c1.COC(=O)c1cc(C)c(NC(=O)c2cc(Br)ccc2C)c(C)c1.COC(=O)c1cc(C)c(NC(=O)c2cc(N3CCCC(CO)C3)ccc2C)c(C)c1.COC(=O)c1cc(C)c(NC(=O)c2cc(N3CCCC(CO)C3)ccc2C)c(C)c1.C[SiH](C)C(C)(C)C.Cc1ccc(Br)cc1C(=O)O.Cc1ccc(N2CCCC(CO)C2)cc1C(=O)Nc1c(C)cc(C(=O)O)cc1C. The summed E-state index contributed by atoms with van der Waals surface area (Å²) in [7, 11) is 5.05. The number of aliphatic hydroxyl groups is 3. The molecular weight excluding hydrogens is 1960 g/mol. The Hall–Kier alpha value is -12.8. The maximum absolute atomic E-state index is 13.1. The zero-order valence-electron chi connectivity index (χ0n) is 87.0. The van der Waals surface area contributed by atoms with Gasteiger partial charge >= 0.3 is 35.8 Å². The second-order valence-electron chi connectivity index (χ2n) is 38.2. The van der Waals surface area contributed by atoms with E-state index in [1.54, 1.807) is 99.6 Å². The molecule has 3 aliphatic heterocycles. The van der Waals surface area contributed by atoms with Crippen LogP contribution in [0.1, 0.15) is 246 Å². The molecule has 0 aliphatic carbocycles. The highest BCUT2D eigenvalue weighted by atomic mass is 79.9. The number of halogens is 2. The summed E-state index contributed by atoms with van der Waals surface area (Å²) < 4.78 is 20.6.